The Morgan fingerprint density at radius 3 is 2.38 bits per heavy atom. The second-order valence-corrected chi connectivity index (χ2v) is 5.06. The van der Waals surface area contributed by atoms with Gasteiger partial charge in [0.05, 0.1) is 0 Å². The molecule has 0 saturated carbocycles. The quantitative estimate of drug-likeness (QED) is 0.869. The second kappa shape index (κ2) is 10.7. The van der Waals surface area contributed by atoms with Crippen molar-refractivity contribution >= 4 is 36.4 Å². The number of halogens is 2. The minimum absolute atomic E-state index is 0. The second-order valence-electron chi connectivity index (χ2n) is 5.06. The topological polar surface area (TPSA) is 58.4 Å². The van der Waals surface area contributed by atoms with Gasteiger partial charge in [0.2, 0.25) is 5.91 Å². The van der Waals surface area contributed by atoms with Crippen LogP contribution in [0, 0.1) is 0 Å². The van der Waals surface area contributed by atoms with Crippen molar-refractivity contribution in [2.75, 3.05) is 24.5 Å². The first-order valence-corrected chi connectivity index (χ1v) is 7.09. The number of carbonyl (C=O) groups is 1. The van der Waals surface area contributed by atoms with Crippen molar-refractivity contribution in [3.8, 4) is 0 Å². The van der Waals surface area contributed by atoms with Gasteiger partial charge >= 0.3 is 0 Å². The Hall–Kier alpha value is -0.970. The van der Waals surface area contributed by atoms with Crippen molar-refractivity contribution < 1.29 is 4.79 Å². The fourth-order valence-corrected chi connectivity index (χ4v) is 2.48. The van der Waals surface area contributed by atoms with Crippen LogP contribution in [0.2, 0.25) is 0 Å². The van der Waals surface area contributed by atoms with Gasteiger partial charge in [-0.3, -0.25) is 4.79 Å². The number of amides is 1. The molecular weight excluding hydrogens is 309 g/mol. The van der Waals surface area contributed by atoms with Crippen molar-refractivity contribution in [2.45, 2.75) is 31.7 Å². The summed E-state index contributed by atoms with van der Waals surface area (Å²) in [5.74, 6) is 0.142. The highest BCUT2D eigenvalue weighted by atomic mass is 35.5. The minimum atomic E-state index is 0. The number of benzene rings is 1. The van der Waals surface area contributed by atoms with Gasteiger partial charge in [0.1, 0.15) is 0 Å². The molecule has 1 aromatic carbocycles. The van der Waals surface area contributed by atoms with Crippen LogP contribution in [0.25, 0.3) is 0 Å². The molecule has 1 aromatic rings. The molecule has 120 valence electrons. The lowest BCUT2D eigenvalue weighted by Crippen LogP contribution is -2.44. The Kier molecular flexibility index (Phi) is 10.2. The van der Waals surface area contributed by atoms with Crippen LogP contribution in [0.5, 0.6) is 0 Å². The summed E-state index contributed by atoms with van der Waals surface area (Å²) in [4.78, 5) is 14.0. The zero-order valence-corrected chi connectivity index (χ0v) is 13.8. The van der Waals surface area contributed by atoms with Crippen molar-refractivity contribution in [2.24, 2.45) is 5.73 Å². The number of para-hydroxylation sites is 1. The summed E-state index contributed by atoms with van der Waals surface area (Å²) >= 11 is 0. The third-order valence-corrected chi connectivity index (χ3v) is 3.59. The van der Waals surface area contributed by atoms with Crippen LogP contribution >= 0.6 is 24.8 Å². The molecule has 1 amide bonds. The Labute approximate surface area is 139 Å². The van der Waals surface area contributed by atoms with Crippen LogP contribution in [0.4, 0.5) is 5.69 Å². The molecule has 0 unspecified atom stereocenters. The lowest BCUT2D eigenvalue weighted by Gasteiger charge is -2.34. The molecule has 1 aliphatic heterocycles. The monoisotopic (exact) mass is 333 g/mol. The molecule has 0 atom stereocenters. The van der Waals surface area contributed by atoms with Gasteiger partial charge in [0, 0.05) is 31.2 Å². The van der Waals surface area contributed by atoms with E-state index in [1.54, 1.807) is 0 Å². The summed E-state index contributed by atoms with van der Waals surface area (Å²) in [6, 6.07) is 10.8. The van der Waals surface area contributed by atoms with Gasteiger partial charge in [0.15, 0.2) is 0 Å². The molecule has 2 rings (SSSR count). The van der Waals surface area contributed by atoms with E-state index in [0.29, 0.717) is 19.0 Å². The predicted octanol–water partition coefficient (Wildman–Crippen LogP) is 2.35. The van der Waals surface area contributed by atoms with Crippen LogP contribution in [0.3, 0.4) is 0 Å². The van der Waals surface area contributed by atoms with Crippen LogP contribution < -0.4 is 16.0 Å². The van der Waals surface area contributed by atoms with E-state index in [0.717, 1.165) is 32.4 Å². The predicted molar refractivity (Wildman–Crippen MR) is 92.6 cm³/mol. The van der Waals surface area contributed by atoms with E-state index in [4.69, 9.17) is 5.73 Å². The van der Waals surface area contributed by atoms with Crippen molar-refractivity contribution in [1.29, 1.82) is 0 Å². The van der Waals surface area contributed by atoms with Gasteiger partial charge in [-0.05, 0) is 37.9 Å². The number of hydrogen-bond acceptors (Lipinski definition) is 3. The fraction of sp³-hybridized carbons (Fsp3) is 0.533. The molecule has 21 heavy (non-hydrogen) atoms. The summed E-state index contributed by atoms with van der Waals surface area (Å²) < 4.78 is 0. The lowest BCUT2D eigenvalue weighted by atomic mass is 10.0. The Morgan fingerprint density at radius 2 is 1.81 bits per heavy atom. The van der Waals surface area contributed by atoms with Crippen molar-refractivity contribution in [1.82, 2.24) is 5.32 Å². The van der Waals surface area contributed by atoms with E-state index in [1.807, 2.05) is 6.07 Å². The third-order valence-electron chi connectivity index (χ3n) is 3.59. The maximum Gasteiger partial charge on any atom is 0.220 e. The summed E-state index contributed by atoms with van der Waals surface area (Å²) in [5, 5.41) is 3.10. The molecule has 1 fully saturated rings. The highest BCUT2D eigenvalue weighted by molar-refractivity contribution is 5.85. The number of carbonyl (C=O) groups excluding carboxylic acids is 1. The zero-order chi connectivity index (χ0) is 13.5. The minimum Gasteiger partial charge on any atom is -0.371 e. The summed E-state index contributed by atoms with van der Waals surface area (Å²) in [5.41, 5.74) is 6.68. The molecular formula is C15H25Cl2N3O. The molecule has 1 heterocycles. The first-order chi connectivity index (χ1) is 9.29. The fourth-order valence-electron chi connectivity index (χ4n) is 2.48. The lowest BCUT2D eigenvalue weighted by molar-refractivity contribution is -0.122. The molecule has 1 aliphatic rings. The molecule has 0 radical (unpaired) electrons. The Balaban J connectivity index is 0.00000200. The van der Waals surface area contributed by atoms with Gasteiger partial charge in [-0.1, -0.05) is 18.2 Å². The third kappa shape index (κ3) is 6.55. The largest absolute Gasteiger partial charge is 0.371 e. The molecule has 0 aliphatic carbocycles. The first-order valence-electron chi connectivity index (χ1n) is 7.09. The number of nitrogens with zero attached hydrogens (tertiary/aromatic N) is 1. The molecule has 3 N–H and O–H groups in total. The number of nitrogens with two attached hydrogens (primary N) is 1. The summed E-state index contributed by atoms with van der Waals surface area (Å²) in [7, 11) is 0. The van der Waals surface area contributed by atoms with Crippen LogP contribution in [0.1, 0.15) is 25.7 Å². The Bertz CT molecular complexity index is 395. The summed E-state index contributed by atoms with van der Waals surface area (Å²) in [6.45, 7) is 2.59. The molecule has 1 saturated heterocycles. The normalized spacial score (nSPS) is 14.8. The number of piperidine rings is 1. The van der Waals surface area contributed by atoms with Gasteiger partial charge in [-0.25, -0.2) is 0 Å². The average Bonchev–Trinajstić information content (AvgIpc) is 2.47. The maximum absolute atomic E-state index is 11.6. The van der Waals surface area contributed by atoms with E-state index in [2.05, 4.69) is 34.5 Å². The van der Waals surface area contributed by atoms with Gasteiger partial charge in [-0.2, -0.15) is 0 Å². The highest BCUT2D eigenvalue weighted by Gasteiger charge is 2.20. The van der Waals surface area contributed by atoms with E-state index < -0.39 is 0 Å². The molecule has 6 heteroatoms. The van der Waals surface area contributed by atoms with Gasteiger partial charge < -0.3 is 16.0 Å². The summed E-state index contributed by atoms with van der Waals surface area (Å²) in [6.07, 6.45) is 3.36. The van der Waals surface area contributed by atoms with E-state index >= 15 is 0 Å². The first kappa shape index (κ1) is 20.0. The number of hydrogen-bond donors (Lipinski definition) is 2. The number of anilines is 1. The average molecular weight is 334 g/mol. The maximum atomic E-state index is 11.6. The number of nitrogens with one attached hydrogen (secondary N) is 1. The molecule has 0 spiro atoms. The van der Waals surface area contributed by atoms with Crippen molar-refractivity contribution in [3.05, 3.63) is 30.3 Å². The Morgan fingerprint density at radius 1 is 1.19 bits per heavy atom. The smallest absolute Gasteiger partial charge is 0.220 e. The number of rotatable bonds is 5. The van der Waals surface area contributed by atoms with E-state index in [1.165, 1.54) is 5.69 Å². The van der Waals surface area contributed by atoms with Gasteiger partial charge in [0.25, 0.3) is 0 Å². The van der Waals surface area contributed by atoms with Gasteiger partial charge in [-0.15, -0.1) is 24.8 Å². The van der Waals surface area contributed by atoms with Crippen LogP contribution in [-0.2, 0) is 4.79 Å². The van der Waals surface area contributed by atoms with Crippen molar-refractivity contribution in [3.63, 3.8) is 0 Å². The van der Waals surface area contributed by atoms with E-state index in [-0.39, 0.29) is 30.7 Å². The molecule has 4 nitrogen and oxygen atoms in total. The highest BCUT2D eigenvalue weighted by Crippen LogP contribution is 2.19. The SMILES string of the molecule is Cl.Cl.NCCCC(=O)NC1CCN(c2ccccc2)CC1. The zero-order valence-electron chi connectivity index (χ0n) is 12.2. The standard InChI is InChI=1S/C15H23N3O.2ClH/c16-10-4-7-15(19)17-13-8-11-18(12-9-13)14-5-2-1-3-6-14;;/h1-3,5-6,13H,4,7-12,16H2,(H,17,19);2*1H. The van der Waals surface area contributed by atoms with E-state index in [9.17, 15) is 4.79 Å². The van der Waals surface area contributed by atoms with Crippen LogP contribution in [0.15, 0.2) is 30.3 Å². The van der Waals surface area contributed by atoms with Crippen LogP contribution in [-0.4, -0.2) is 31.6 Å². The molecule has 0 aromatic heterocycles. The molecule has 0 bridgehead atoms.